The van der Waals surface area contributed by atoms with E-state index in [-0.39, 0.29) is 27.3 Å². The number of hydrogen-bond donors (Lipinski definition) is 3. The van der Waals surface area contributed by atoms with Crippen LogP contribution in [0.5, 0.6) is 5.75 Å². The lowest BCUT2D eigenvalue weighted by molar-refractivity contribution is -0.115. The van der Waals surface area contributed by atoms with E-state index in [4.69, 9.17) is 9.47 Å². The van der Waals surface area contributed by atoms with Crippen molar-refractivity contribution in [1.82, 2.24) is 0 Å². The normalized spacial score (nSPS) is 11.2. The summed E-state index contributed by atoms with van der Waals surface area (Å²) >= 11 is 2.29. The Labute approximate surface area is 251 Å². The van der Waals surface area contributed by atoms with Crippen molar-refractivity contribution in [3.05, 3.63) is 100 Å². The lowest BCUT2D eigenvalue weighted by Crippen LogP contribution is -2.23. The Hall–Kier alpha value is -4.61. The summed E-state index contributed by atoms with van der Waals surface area (Å²) in [5.74, 6) is -1.04. The minimum absolute atomic E-state index is 0.134. The average Bonchev–Trinajstić information content (AvgIpc) is 3.32. The predicted molar refractivity (Wildman–Crippen MR) is 166 cm³/mol. The highest BCUT2D eigenvalue weighted by Gasteiger charge is 2.27. The van der Waals surface area contributed by atoms with E-state index in [2.05, 4.69) is 16.0 Å². The molecular weight excluding hydrogens is 574 g/mol. The summed E-state index contributed by atoms with van der Waals surface area (Å²) in [5.41, 5.74) is 2.20. The first kappa shape index (κ1) is 30.4. The maximum absolute atomic E-state index is 13.2. The highest BCUT2D eigenvalue weighted by atomic mass is 32.2. The van der Waals surface area contributed by atoms with Gasteiger partial charge in [-0.15, -0.1) is 23.1 Å². The number of benzene rings is 3. The molecule has 3 amide bonds. The molecule has 0 aliphatic carbocycles. The van der Waals surface area contributed by atoms with E-state index in [1.54, 1.807) is 87.7 Å². The smallest absolute Gasteiger partial charge is 0.341 e. The molecule has 9 nitrogen and oxygen atoms in total. The molecule has 4 aromatic rings. The van der Waals surface area contributed by atoms with E-state index < -0.39 is 17.1 Å². The maximum atomic E-state index is 13.2. The number of para-hydroxylation sites is 1. The van der Waals surface area contributed by atoms with Crippen LogP contribution in [0.15, 0.2) is 83.8 Å². The van der Waals surface area contributed by atoms with Gasteiger partial charge in [0.1, 0.15) is 10.8 Å². The van der Waals surface area contributed by atoms with Gasteiger partial charge in [0.15, 0.2) is 0 Å². The number of thioether (sulfide) groups is 1. The van der Waals surface area contributed by atoms with E-state index in [0.717, 1.165) is 16.2 Å². The van der Waals surface area contributed by atoms with Crippen molar-refractivity contribution in [3.8, 4) is 5.75 Å². The quantitative estimate of drug-likeness (QED) is 0.140. The van der Waals surface area contributed by atoms with Gasteiger partial charge in [-0.2, -0.15) is 0 Å². The van der Waals surface area contributed by atoms with E-state index in [1.165, 1.54) is 18.9 Å². The standard InChI is InChI=1S/C31H29N3O6S2/c1-18-25(31(38)40-4)30(42-26(18)29(37)32-21-9-6-5-7-10-21)34-27(35)19(2)41-24-12-8-11-22(17-24)33-28(36)20-13-15-23(39-3)16-14-20/h5-17,19H,1-4H3,(H,32,37)(H,33,36)(H,34,35). The minimum atomic E-state index is -0.654. The van der Waals surface area contributed by atoms with Gasteiger partial charge in [0.25, 0.3) is 11.8 Å². The number of rotatable bonds is 10. The molecule has 11 heteroatoms. The van der Waals surface area contributed by atoms with Crippen LogP contribution in [0.4, 0.5) is 16.4 Å². The third-order valence-electron chi connectivity index (χ3n) is 6.14. The van der Waals surface area contributed by atoms with Crippen molar-refractivity contribution >= 4 is 63.2 Å². The Morgan fingerprint density at radius 1 is 0.810 bits per heavy atom. The highest BCUT2D eigenvalue weighted by Crippen LogP contribution is 2.35. The molecule has 0 fully saturated rings. The summed E-state index contributed by atoms with van der Waals surface area (Å²) in [6.45, 7) is 3.37. The zero-order valence-electron chi connectivity index (χ0n) is 23.3. The van der Waals surface area contributed by atoms with E-state index in [9.17, 15) is 19.2 Å². The molecule has 0 spiro atoms. The van der Waals surface area contributed by atoms with Gasteiger partial charge in [-0.1, -0.05) is 24.3 Å². The van der Waals surface area contributed by atoms with Crippen molar-refractivity contribution < 1.29 is 28.7 Å². The van der Waals surface area contributed by atoms with Crippen LogP contribution in [0.2, 0.25) is 0 Å². The van der Waals surface area contributed by atoms with E-state index in [0.29, 0.717) is 28.3 Å². The monoisotopic (exact) mass is 603 g/mol. The molecule has 1 unspecified atom stereocenters. The van der Waals surface area contributed by atoms with Crippen molar-refractivity contribution in [1.29, 1.82) is 0 Å². The molecule has 1 atom stereocenters. The first-order valence-electron chi connectivity index (χ1n) is 12.8. The fourth-order valence-corrected chi connectivity index (χ4v) is 5.96. The van der Waals surface area contributed by atoms with Crippen LogP contribution in [0.1, 0.15) is 42.9 Å². The number of esters is 1. The molecule has 0 bridgehead atoms. The molecule has 0 aliphatic heterocycles. The SMILES string of the molecule is COC(=O)c1c(NC(=O)C(C)Sc2cccc(NC(=O)c3ccc(OC)cc3)c2)sc(C(=O)Nc2ccccc2)c1C. The number of anilines is 3. The third-order valence-corrected chi connectivity index (χ3v) is 8.44. The number of thiophene rings is 1. The zero-order valence-corrected chi connectivity index (χ0v) is 25.0. The lowest BCUT2D eigenvalue weighted by atomic mass is 10.1. The maximum Gasteiger partial charge on any atom is 0.341 e. The number of methoxy groups -OCH3 is 2. The van der Waals surface area contributed by atoms with Gasteiger partial charge in [-0.25, -0.2) is 4.79 Å². The van der Waals surface area contributed by atoms with Gasteiger partial charge < -0.3 is 25.4 Å². The topological polar surface area (TPSA) is 123 Å². The number of carbonyl (C=O) groups is 4. The summed E-state index contributed by atoms with van der Waals surface area (Å²) in [6, 6.07) is 22.8. The van der Waals surface area contributed by atoms with Crippen LogP contribution < -0.4 is 20.7 Å². The van der Waals surface area contributed by atoms with Crippen molar-refractivity contribution in [2.45, 2.75) is 24.0 Å². The lowest BCUT2D eigenvalue weighted by Gasteiger charge is -2.13. The second-order valence-electron chi connectivity index (χ2n) is 9.03. The third kappa shape index (κ3) is 7.36. The molecule has 3 aromatic carbocycles. The Bertz CT molecular complexity index is 1600. The first-order valence-corrected chi connectivity index (χ1v) is 14.5. The Morgan fingerprint density at radius 3 is 2.14 bits per heavy atom. The summed E-state index contributed by atoms with van der Waals surface area (Å²) in [5, 5.41) is 8.12. The Morgan fingerprint density at radius 2 is 1.48 bits per heavy atom. The molecule has 4 rings (SSSR count). The summed E-state index contributed by atoms with van der Waals surface area (Å²) < 4.78 is 10.1. The van der Waals surface area contributed by atoms with Crippen LogP contribution in [0.25, 0.3) is 0 Å². The second-order valence-corrected chi connectivity index (χ2v) is 11.5. The molecule has 3 N–H and O–H groups in total. The fourth-order valence-electron chi connectivity index (χ4n) is 3.94. The Kier molecular flexibility index (Phi) is 10.00. The molecule has 42 heavy (non-hydrogen) atoms. The van der Waals surface area contributed by atoms with Crippen molar-refractivity contribution in [3.63, 3.8) is 0 Å². The van der Waals surface area contributed by atoms with Crippen LogP contribution in [0.3, 0.4) is 0 Å². The fraction of sp³-hybridized carbons (Fsp3) is 0.161. The molecule has 0 saturated heterocycles. The largest absolute Gasteiger partial charge is 0.497 e. The number of nitrogens with one attached hydrogen (secondary N) is 3. The van der Waals surface area contributed by atoms with E-state index >= 15 is 0 Å². The summed E-state index contributed by atoms with van der Waals surface area (Å²) in [7, 11) is 2.80. The van der Waals surface area contributed by atoms with E-state index in [1.807, 2.05) is 12.1 Å². The van der Waals surface area contributed by atoms with Gasteiger partial charge >= 0.3 is 5.97 Å². The average molecular weight is 604 g/mol. The number of amides is 3. The van der Waals surface area contributed by atoms with Crippen LogP contribution in [-0.2, 0) is 9.53 Å². The van der Waals surface area contributed by atoms with Gasteiger partial charge in [-0.05, 0) is 74.0 Å². The summed E-state index contributed by atoms with van der Waals surface area (Å²) in [6.07, 6.45) is 0. The highest BCUT2D eigenvalue weighted by molar-refractivity contribution is 8.00. The summed E-state index contributed by atoms with van der Waals surface area (Å²) in [4.78, 5) is 52.5. The first-order chi connectivity index (χ1) is 20.2. The van der Waals surface area contributed by atoms with Gasteiger partial charge in [0.2, 0.25) is 5.91 Å². The van der Waals surface area contributed by atoms with Crippen molar-refractivity contribution in [2.24, 2.45) is 0 Å². The molecule has 1 aromatic heterocycles. The van der Waals surface area contributed by atoms with Crippen LogP contribution in [-0.4, -0.2) is 43.2 Å². The number of hydrogen-bond acceptors (Lipinski definition) is 8. The molecule has 0 radical (unpaired) electrons. The molecule has 216 valence electrons. The number of carbonyl (C=O) groups excluding carboxylic acids is 4. The minimum Gasteiger partial charge on any atom is -0.497 e. The molecule has 1 heterocycles. The van der Waals surface area contributed by atoms with Crippen LogP contribution >= 0.6 is 23.1 Å². The second kappa shape index (κ2) is 13.8. The number of ether oxygens (including phenoxy) is 2. The van der Waals surface area contributed by atoms with Gasteiger partial charge in [0.05, 0.1) is 29.9 Å². The molecule has 0 aliphatic rings. The molecular formula is C31H29N3O6S2. The zero-order chi connectivity index (χ0) is 30.2. The Balaban J connectivity index is 1.45. The van der Waals surface area contributed by atoms with Crippen molar-refractivity contribution in [2.75, 3.05) is 30.2 Å². The van der Waals surface area contributed by atoms with Crippen LogP contribution in [0, 0.1) is 6.92 Å². The van der Waals surface area contributed by atoms with Gasteiger partial charge in [0, 0.05) is 21.8 Å². The van der Waals surface area contributed by atoms with Gasteiger partial charge in [-0.3, -0.25) is 14.4 Å². The predicted octanol–water partition coefficient (Wildman–Crippen LogP) is 6.48. The molecule has 0 saturated carbocycles.